The summed E-state index contributed by atoms with van der Waals surface area (Å²) in [5, 5.41) is 3.35. The van der Waals surface area contributed by atoms with Crippen molar-refractivity contribution < 1.29 is 17.6 Å². The van der Waals surface area contributed by atoms with Gasteiger partial charge in [0.1, 0.15) is 11.6 Å². The quantitative estimate of drug-likeness (QED) is 0.378. The number of hydrogen-bond acceptors (Lipinski definition) is 6. The van der Waals surface area contributed by atoms with Crippen LogP contribution < -0.4 is 9.62 Å². The Morgan fingerprint density at radius 3 is 2.43 bits per heavy atom. The summed E-state index contributed by atoms with van der Waals surface area (Å²) in [7, 11) is -1.94. The summed E-state index contributed by atoms with van der Waals surface area (Å²) >= 11 is 1.69. The number of fused-ring (bicyclic) bond motifs is 1. The fraction of sp³-hybridized carbons (Fsp3) is 0.462. The molecule has 2 heterocycles. The zero-order chi connectivity index (χ0) is 24.7. The van der Waals surface area contributed by atoms with Crippen molar-refractivity contribution in [1.82, 2.24) is 10.3 Å². The fourth-order valence-corrected chi connectivity index (χ4v) is 5.92. The number of benzene rings is 1. The van der Waals surface area contributed by atoms with E-state index in [4.69, 9.17) is 9.40 Å². The Kier molecular flexibility index (Phi) is 6.57. The highest BCUT2D eigenvalue weighted by Crippen LogP contribution is 2.47. The van der Waals surface area contributed by atoms with Crippen LogP contribution in [-0.4, -0.2) is 51.2 Å². The molecule has 1 aromatic carbocycles. The molecule has 0 atom stereocenters. The van der Waals surface area contributed by atoms with E-state index >= 15 is 0 Å². The van der Waals surface area contributed by atoms with Gasteiger partial charge >= 0.3 is 0 Å². The molecule has 0 bridgehead atoms. The predicted molar refractivity (Wildman–Crippen MR) is 142 cm³/mol. The van der Waals surface area contributed by atoms with Crippen LogP contribution in [0, 0.1) is 0 Å². The number of sulfonamides is 1. The van der Waals surface area contributed by atoms with Gasteiger partial charge in [-0.05, 0) is 73.1 Å². The number of aromatic nitrogens is 1. The summed E-state index contributed by atoms with van der Waals surface area (Å²) in [6.07, 6.45) is 8.34. The van der Waals surface area contributed by atoms with E-state index in [0.29, 0.717) is 35.0 Å². The van der Waals surface area contributed by atoms with Crippen LogP contribution in [0.2, 0.25) is 0 Å². The number of pyridine rings is 1. The molecule has 7 nitrogen and oxygen atoms in total. The van der Waals surface area contributed by atoms with Crippen molar-refractivity contribution in [3.8, 4) is 11.3 Å². The van der Waals surface area contributed by atoms with Gasteiger partial charge in [-0.3, -0.25) is 9.10 Å². The number of anilines is 1. The first kappa shape index (κ1) is 24.2. The number of carbonyl (C=O) groups is 1. The maximum atomic E-state index is 13.0. The van der Waals surface area contributed by atoms with Gasteiger partial charge in [-0.1, -0.05) is 24.3 Å². The lowest BCUT2D eigenvalue weighted by atomic mass is 10.0. The van der Waals surface area contributed by atoms with Crippen molar-refractivity contribution in [2.45, 2.75) is 43.9 Å². The number of nitrogens with zero attached hydrogens (tertiary/aromatic N) is 2. The summed E-state index contributed by atoms with van der Waals surface area (Å²) in [4.78, 5) is 17.8. The van der Waals surface area contributed by atoms with Gasteiger partial charge in [-0.2, -0.15) is 16.7 Å². The van der Waals surface area contributed by atoms with Crippen LogP contribution in [0.5, 0.6) is 0 Å². The SMILES string of the molecule is CNC(=O)c1c(-c2ccc(C3CC3)cc2)oc2nc(N(CCCSC)S(C)(=O)=O)c(C3CC3)cc12. The van der Waals surface area contributed by atoms with E-state index in [1.807, 2.05) is 24.5 Å². The molecule has 2 aliphatic carbocycles. The maximum absolute atomic E-state index is 13.0. The maximum Gasteiger partial charge on any atom is 0.255 e. The third kappa shape index (κ3) is 4.93. The molecule has 2 aliphatic rings. The second-order valence-corrected chi connectivity index (χ2v) is 12.4. The third-order valence-electron chi connectivity index (χ3n) is 6.73. The van der Waals surface area contributed by atoms with Crippen LogP contribution in [0.4, 0.5) is 5.82 Å². The number of amides is 1. The molecule has 5 rings (SSSR count). The third-order valence-corrected chi connectivity index (χ3v) is 8.58. The van der Waals surface area contributed by atoms with Crippen LogP contribution >= 0.6 is 11.8 Å². The first-order valence-corrected chi connectivity index (χ1v) is 15.3. The monoisotopic (exact) mass is 513 g/mol. The number of hydrogen-bond donors (Lipinski definition) is 1. The zero-order valence-electron chi connectivity index (χ0n) is 20.3. The molecule has 2 saturated carbocycles. The molecule has 3 aromatic rings. The Hall–Kier alpha value is -2.52. The minimum atomic E-state index is -3.54. The number of carbonyl (C=O) groups excluding carboxylic acids is 1. The average Bonchev–Trinajstić information content (AvgIpc) is 3.76. The number of rotatable bonds is 10. The summed E-state index contributed by atoms with van der Waals surface area (Å²) in [5.41, 5.74) is 3.70. The molecule has 2 aromatic heterocycles. The van der Waals surface area contributed by atoms with Crippen LogP contribution in [-0.2, 0) is 10.0 Å². The standard InChI is InChI=1S/C26H31N3O4S2/c1-27-25(30)22-21-15-20(18-9-10-18)24(29(35(3,31)32)13-4-14-34-2)28-26(21)33-23(22)19-11-7-17(8-12-19)16-5-6-16/h7-8,11-12,15-16,18H,4-6,9-10,13-14H2,1-3H3,(H,27,30). The van der Waals surface area contributed by atoms with Crippen molar-refractivity contribution >= 4 is 44.6 Å². The van der Waals surface area contributed by atoms with Crippen molar-refractivity contribution in [2.75, 3.05) is 36.2 Å². The smallest absolute Gasteiger partial charge is 0.255 e. The molecule has 1 amide bonds. The number of furan rings is 1. The molecule has 186 valence electrons. The average molecular weight is 514 g/mol. The fourth-order valence-electron chi connectivity index (χ4n) is 4.58. The van der Waals surface area contributed by atoms with Crippen LogP contribution in [0.1, 0.15) is 65.4 Å². The summed E-state index contributed by atoms with van der Waals surface area (Å²) in [5.74, 6) is 2.37. The van der Waals surface area contributed by atoms with E-state index < -0.39 is 10.0 Å². The Bertz CT molecular complexity index is 1360. The summed E-state index contributed by atoms with van der Waals surface area (Å²) in [6.45, 7) is 0.358. The highest BCUT2D eigenvalue weighted by Gasteiger charge is 2.34. The molecule has 0 radical (unpaired) electrons. The lowest BCUT2D eigenvalue weighted by Crippen LogP contribution is -2.32. The Morgan fingerprint density at radius 2 is 1.86 bits per heavy atom. The topological polar surface area (TPSA) is 92.5 Å². The van der Waals surface area contributed by atoms with E-state index in [1.165, 1.54) is 29.0 Å². The Morgan fingerprint density at radius 1 is 1.17 bits per heavy atom. The van der Waals surface area contributed by atoms with Crippen LogP contribution in [0.3, 0.4) is 0 Å². The molecule has 9 heteroatoms. The normalized spacial score (nSPS) is 16.0. The largest absolute Gasteiger partial charge is 0.437 e. The summed E-state index contributed by atoms with van der Waals surface area (Å²) in [6, 6.07) is 10.1. The van der Waals surface area contributed by atoms with E-state index in [0.717, 1.165) is 36.1 Å². The molecule has 0 spiro atoms. The zero-order valence-corrected chi connectivity index (χ0v) is 22.0. The lowest BCUT2D eigenvalue weighted by Gasteiger charge is -2.23. The van der Waals surface area contributed by atoms with E-state index in [1.54, 1.807) is 18.8 Å². The molecule has 35 heavy (non-hydrogen) atoms. The van der Waals surface area contributed by atoms with E-state index in [9.17, 15) is 13.2 Å². The minimum absolute atomic E-state index is 0.236. The Labute approximate surface area is 210 Å². The second kappa shape index (κ2) is 9.50. The highest BCUT2D eigenvalue weighted by molar-refractivity contribution is 7.98. The van der Waals surface area contributed by atoms with E-state index in [2.05, 4.69) is 17.4 Å². The van der Waals surface area contributed by atoms with Gasteiger partial charge in [0.15, 0.2) is 0 Å². The molecule has 2 fully saturated rings. The highest BCUT2D eigenvalue weighted by atomic mass is 32.2. The Balaban J connectivity index is 1.66. The van der Waals surface area contributed by atoms with Gasteiger partial charge < -0.3 is 9.73 Å². The van der Waals surface area contributed by atoms with Gasteiger partial charge in [-0.15, -0.1) is 0 Å². The minimum Gasteiger partial charge on any atom is -0.437 e. The first-order valence-electron chi connectivity index (χ1n) is 12.1. The van der Waals surface area contributed by atoms with Crippen molar-refractivity contribution in [1.29, 1.82) is 0 Å². The molecular weight excluding hydrogens is 482 g/mol. The van der Waals surface area contributed by atoms with E-state index in [-0.39, 0.29) is 17.5 Å². The van der Waals surface area contributed by atoms with Gasteiger partial charge in [0.05, 0.1) is 17.2 Å². The molecule has 0 saturated heterocycles. The molecule has 0 aliphatic heterocycles. The summed E-state index contributed by atoms with van der Waals surface area (Å²) < 4.78 is 33.2. The van der Waals surface area contributed by atoms with Crippen molar-refractivity contribution in [3.05, 3.63) is 47.0 Å². The van der Waals surface area contributed by atoms with Crippen LogP contribution in [0.15, 0.2) is 34.7 Å². The van der Waals surface area contributed by atoms with Gasteiger partial charge in [-0.25, -0.2) is 8.42 Å². The van der Waals surface area contributed by atoms with Crippen molar-refractivity contribution in [3.63, 3.8) is 0 Å². The molecule has 1 N–H and O–H groups in total. The number of thioether (sulfide) groups is 1. The van der Waals surface area contributed by atoms with Gasteiger partial charge in [0.25, 0.3) is 5.91 Å². The second-order valence-electron chi connectivity index (χ2n) is 9.49. The van der Waals surface area contributed by atoms with Crippen LogP contribution in [0.25, 0.3) is 22.4 Å². The van der Waals surface area contributed by atoms with Gasteiger partial charge in [0.2, 0.25) is 15.7 Å². The number of nitrogens with one attached hydrogen (secondary N) is 1. The molecular formula is C26H31N3O4S2. The lowest BCUT2D eigenvalue weighted by molar-refractivity contribution is 0.0964. The molecule has 0 unspecified atom stereocenters. The van der Waals surface area contributed by atoms with Crippen molar-refractivity contribution in [2.24, 2.45) is 0 Å². The first-order chi connectivity index (χ1) is 16.8. The van der Waals surface area contributed by atoms with Gasteiger partial charge in [0, 0.05) is 19.2 Å². The predicted octanol–water partition coefficient (Wildman–Crippen LogP) is 5.13.